The minimum absolute atomic E-state index is 0.209. The summed E-state index contributed by atoms with van der Waals surface area (Å²) in [5.41, 5.74) is 2.65. The Morgan fingerprint density at radius 3 is 1.96 bits per heavy atom. The summed E-state index contributed by atoms with van der Waals surface area (Å²) in [6.07, 6.45) is 1.16. The molecule has 7 heteroatoms. The van der Waals surface area contributed by atoms with Gasteiger partial charge in [-0.15, -0.1) is 0 Å². The number of rotatable bonds is 12. The summed E-state index contributed by atoms with van der Waals surface area (Å²) in [4.78, 5) is 12.1. The maximum absolute atomic E-state index is 12.1. The zero-order valence-corrected chi connectivity index (χ0v) is 17.2. The van der Waals surface area contributed by atoms with Gasteiger partial charge < -0.3 is 4.74 Å². The van der Waals surface area contributed by atoms with Gasteiger partial charge in [0.2, 0.25) is 0 Å². The minimum atomic E-state index is -3.47. The van der Waals surface area contributed by atoms with Gasteiger partial charge in [0.05, 0.1) is 32.0 Å². The highest BCUT2D eigenvalue weighted by molar-refractivity contribution is 7.48. The van der Waals surface area contributed by atoms with Crippen molar-refractivity contribution in [1.82, 2.24) is 0 Å². The molecule has 6 nitrogen and oxygen atoms in total. The molecule has 0 fully saturated rings. The van der Waals surface area contributed by atoms with Crippen molar-refractivity contribution in [3.8, 4) is 11.1 Å². The highest BCUT2D eigenvalue weighted by atomic mass is 31.2. The third-order valence-corrected chi connectivity index (χ3v) is 5.47. The van der Waals surface area contributed by atoms with Crippen LogP contribution in [0.4, 0.5) is 0 Å². The summed E-state index contributed by atoms with van der Waals surface area (Å²) in [5, 5.41) is 0. The molecule has 28 heavy (non-hydrogen) atoms. The van der Waals surface area contributed by atoms with Crippen molar-refractivity contribution in [2.24, 2.45) is 0 Å². The molecule has 0 saturated heterocycles. The summed E-state index contributed by atoms with van der Waals surface area (Å²) in [7, 11) is -3.47. The van der Waals surface area contributed by atoms with Crippen LogP contribution < -0.4 is 0 Å². The number of hydrogen-bond acceptors (Lipinski definition) is 6. The fourth-order valence-electron chi connectivity index (χ4n) is 2.49. The van der Waals surface area contributed by atoms with Crippen molar-refractivity contribution < 1.29 is 27.7 Å². The largest absolute Gasteiger partial charge is 0.474 e. The zero-order valence-electron chi connectivity index (χ0n) is 16.3. The number of benzene rings is 2. The van der Waals surface area contributed by atoms with E-state index in [1.165, 1.54) is 0 Å². The molecule has 0 atom stereocenters. The molecule has 2 aromatic rings. The molecule has 0 aliphatic carbocycles. The van der Waals surface area contributed by atoms with E-state index in [4.69, 9.17) is 18.3 Å². The summed E-state index contributed by atoms with van der Waals surface area (Å²) < 4.78 is 32.7. The highest BCUT2D eigenvalue weighted by Crippen LogP contribution is 2.49. The summed E-state index contributed by atoms with van der Waals surface area (Å²) >= 11 is 0. The fourth-order valence-corrected chi connectivity index (χ4v) is 3.69. The van der Waals surface area contributed by atoms with Gasteiger partial charge in [0.25, 0.3) is 0 Å². The molecule has 0 aliphatic heterocycles. The first-order valence-electron chi connectivity index (χ1n) is 9.44. The van der Waals surface area contributed by atoms with E-state index in [9.17, 15) is 9.36 Å². The van der Waals surface area contributed by atoms with Crippen LogP contribution in [0.2, 0.25) is 0 Å². The third-order valence-electron chi connectivity index (χ3n) is 3.82. The van der Waals surface area contributed by atoms with Crippen LogP contribution in [0.3, 0.4) is 0 Å². The predicted molar refractivity (Wildman–Crippen MR) is 108 cm³/mol. The van der Waals surface area contributed by atoms with Gasteiger partial charge in [-0.2, -0.15) is 0 Å². The van der Waals surface area contributed by atoms with E-state index in [0.717, 1.165) is 11.1 Å². The minimum Gasteiger partial charge on any atom is -0.462 e. The van der Waals surface area contributed by atoms with Crippen molar-refractivity contribution in [2.45, 2.75) is 26.7 Å². The average molecular weight is 406 g/mol. The van der Waals surface area contributed by atoms with Crippen molar-refractivity contribution in [3.63, 3.8) is 0 Å². The Kier molecular flexibility index (Phi) is 9.38. The number of unbranched alkanes of at least 4 members (excludes halogenated alkanes) is 1. The zero-order chi connectivity index (χ0) is 20.2. The Hall–Kier alpha value is -1.98. The number of carbonyl (C=O) groups excluding carboxylic acids is 1. The van der Waals surface area contributed by atoms with E-state index in [2.05, 4.69) is 0 Å². The van der Waals surface area contributed by atoms with Crippen LogP contribution in [0.25, 0.3) is 11.1 Å². The predicted octanol–water partition coefficient (Wildman–Crippen LogP) is 5.49. The number of hydrogen-bond donors (Lipinski definition) is 0. The molecule has 0 spiro atoms. The average Bonchev–Trinajstić information content (AvgIpc) is 2.71. The molecule has 152 valence electrons. The molecule has 2 rings (SSSR count). The van der Waals surface area contributed by atoms with Crippen LogP contribution in [0.1, 0.15) is 37.0 Å². The summed E-state index contributed by atoms with van der Waals surface area (Å²) in [5.74, 6) is -0.366. The SMILES string of the molecule is CCOP(=O)(OCC)OCCCCOC(=O)c1ccc(-c2ccccc2)cc1. The van der Waals surface area contributed by atoms with Gasteiger partial charge in [-0.25, -0.2) is 9.36 Å². The first kappa shape index (κ1) is 22.3. The van der Waals surface area contributed by atoms with Crippen molar-refractivity contribution >= 4 is 13.8 Å². The van der Waals surface area contributed by atoms with Gasteiger partial charge in [-0.1, -0.05) is 42.5 Å². The van der Waals surface area contributed by atoms with Crippen molar-refractivity contribution in [1.29, 1.82) is 0 Å². The molecule has 2 aromatic carbocycles. The first-order chi connectivity index (χ1) is 13.6. The van der Waals surface area contributed by atoms with Gasteiger partial charge in [0, 0.05) is 0 Å². The molecule has 0 aliphatic rings. The smallest absolute Gasteiger partial charge is 0.462 e. The summed E-state index contributed by atoms with van der Waals surface area (Å²) in [6.45, 7) is 4.41. The van der Waals surface area contributed by atoms with Gasteiger partial charge >= 0.3 is 13.8 Å². The Balaban J connectivity index is 1.70. The molecule has 0 N–H and O–H groups in total. The standard InChI is InChI=1S/C21H27O6P/c1-3-25-28(23,26-4-2)27-17-9-8-16-24-21(22)20-14-12-19(13-15-20)18-10-6-5-7-11-18/h5-7,10-15H,3-4,8-9,16-17H2,1-2H3. The molecule has 0 aromatic heterocycles. The van der Waals surface area contributed by atoms with Crippen LogP contribution in [0.5, 0.6) is 0 Å². The Labute approximate surface area is 166 Å². The topological polar surface area (TPSA) is 71.1 Å². The van der Waals surface area contributed by atoms with E-state index >= 15 is 0 Å². The van der Waals surface area contributed by atoms with E-state index in [0.29, 0.717) is 18.4 Å². The number of phosphoric ester groups is 1. The van der Waals surface area contributed by atoms with Crippen LogP contribution in [0.15, 0.2) is 54.6 Å². The highest BCUT2D eigenvalue weighted by Gasteiger charge is 2.24. The molecular weight excluding hydrogens is 379 g/mol. The van der Waals surface area contributed by atoms with E-state index in [-0.39, 0.29) is 32.4 Å². The lowest BCUT2D eigenvalue weighted by Crippen LogP contribution is -2.07. The second kappa shape index (κ2) is 11.8. The number of carbonyl (C=O) groups is 1. The molecule has 0 heterocycles. The molecule has 0 saturated carbocycles. The second-order valence-electron chi connectivity index (χ2n) is 5.90. The van der Waals surface area contributed by atoms with Crippen LogP contribution >= 0.6 is 7.82 Å². The molecule has 0 unspecified atom stereocenters. The number of phosphoric acid groups is 1. The van der Waals surface area contributed by atoms with Crippen molar-refractivity contribution in [3.05, 3.63) is 60.2 Å². The lowest BCUT2D eigenvalue weighted by atomic mass is 10.0. The maximum atomic E-state index is 12.1. The number of esters is 1. The Morgan fingerprint density at radius 2 is 1.36 bits per heavy atom. The lowest BCUT2D eigenvalue weighted by molar-refractivity contribution is 0.0488. The second-order valence-corrected chi connectivity index (χ2v) is 7.57. The monoisotopic (exact) mass is 406 g/mol. The van der Waals surface area contributed by atoms with Crippen LogP contribution in [-0.2, 0) is 22.9 Å². The Morgan fingerprint density at radius 1 is 0.786 bits per heavy atom. The van der Waals surface area contributed by atoms with E-state index in [1.807, 2.05) is 42.5 Å². The van der Waals surface area contributed by atoms with Crippen LogP contribution in [-0.4, -0.2) is 32.4 Å². The number of ether oxygens (including phenoxy) is 1. The van der Waals surface area contributed by atoms with Gasteiger partial charge in [-0.05, 0) is 49.9 Å². The fraction of sp³-hybridized carbons (Fsp3) is 0.381. The molecule has 0 amide bonds. The van der Waals surface area contributed by atoms with Gasteiger partial charge in [0.1, 0.15) is 0 Å². The maximum Gasteiger partial charge on any atom is 0.474 e. The van der Waals surface area contributed by atoms with Gasteiger partial charge in [-0.3, -0.25) is 13.6 Å². The quantitative estimate of drug-likeness (QED) is 0.264. The summed E-state index contributed by atoms with van der Waals surface area (Å²) in [6, 6.07) is 17.3. The third kappa shape index (κ3) is 7.21. The van der Waals surface area contributed by atoms with Gasteiger partial charge in [0.15, 0.2) is 0 Å². The first-order valence-corrected chi connectivity index (χ1v) is 10.9. The lowest BCUT2D eigenvalue weighted by Gasteiger charge is -2.16. The van der Waals surface area contributed by atoms with E-state index in [1.54, 1.807) is 26.0 Å². The normalized spacial score (nSPS) is 11.4. The van der Waals surface area contributed by atoms with Crippen LogP contribution in [0, 0.1) is 0 Å². The Bertz CT molecular complexity index is 750. The molecule has 0 bridgehead atoms. The molecular formula is C21H27O6P. The molecule has 0 radical (unpaired) electrons. The van der Waals surface area contributed by atoms with Crippen molar-refractivity contribution in [2.75, 3.05) is 26.4 Å². The van der Waals surface area contributed by atoms with E-state index < -0.39 is 7.82 Å².